The number of rotatable bonds is 4. The van der Waals surface area contributed by atoms with Crippen molar-refractivity contribution in [1.29, 1.82) is 5.26 Å². The zero-order chi connectivity index (χ0) is 10.4. The lowest BCUT2D eigenvalue weighted by Crippen LogP contribution is -2.00. The maximum atomic E-state index is 8.39. The Balaban J connectivity index is 2.70. The van der Waals surface area contributed by atoms with E-state index in [-0.39, 0.29) is 0 Å². The molecule has 0 aliphatic carbocycles. The van der Waals surface area contributed by atoms with Gasteiger partial charge in [-0.2, -0.15) is 5.26 Å². The van der Waals surface area contributed by atoms with Crippen molar-refractivity contribution < 1.29 is 4.74 Å². The SMILES string of the molecule is CC(C)c1ccccc1OCCC#N. The molecule has 2 heteroatoms. The molecular weight excluding hydrogens is 174 g/mol. The number of ether oxygens (including phenoxy) is 1. The Kier molecular flexibility index (Phi) is 4.00. The average Bonchev–Trinajstić information content (AvgIpc) is 2.19. The molecule has 0 bridgehead atoms. The fourth-order valence-corrected chi connectivity index (χ4v) is 1.30. The van der Waals surface area contributed by atoms with Crippen molar-refractivity contribution in [2.45, 2.75) is 26.2 Å². The second-order valence-corrected chi connectivity index (χ2v) is 3.45. The summed E-state index contributed by atoms with van der Waals surface area (Å²) in [7, 11) is 0. The molecule has 0 aromatic heterocycles. The van der Waals surface area contributed by atoms with Crippen molar-refractivity contribution in [3.8, 4) is 11.8 Å². The number of hydrogen-bond donors (Lipinski definition) is 0. The van der Waals surface area contributed by atoms with Crippen molar-refractivity contribution in [2.75, 3.05) is 6.61 Å². The molecule has 0 atom stereocenters. The van der Waals surface area contributed by atoms with E-state index < -0.39 is 0 Å². The van der Waals surface area contributed by atoms with E-state index in [9.17, 15) is 0 Å². The lowest BCUT2D eigenvalue weighted by molar-refractivity contribution is 0.322. The summed E-state index contributed by atoms with van der Waals surface area (Å²) < 4.78 is 5.52. The molecule has 1 rings (SSSR count). The molecule has 0 aliphatic heterocycles. The Labute approximate surface area is 85.1 Å². The van der Waals surface area contributed by atoms with Crippen LogP contribution in [0.3, 0.4) is 0 Å². The highest BCUT2D eigenvalue weighted by atomic mass is 16.5. The summed E-state index contributed by atoms with van der Waals surface area (Å²) in [4.78, 5) is 0. The van der Waals surface area contributed by atoms with Crippen LogP contribution in [0, 0.1) is 11.3 Å². The third kappa shape index (κ3) is 2.77. The van der Waals surface area contributed by atoms with Crippen molar-refractivity contribution in [1.82, 2.24) is 0 Å². The van der Waals surface area contributed by atoms with Gasteiger partial charge in [-0.1, -0.05) is 32.0 Å². The van der Waals surface area contributed by atoms with Crippen LogP contribution in [-0.4, -0.2) is 6.61 Å². The van der Waals surface area contributed by atoms with Gasteiger partial charge in [0.1, 0.15) is 12.4 Å². The lowest BCUT2D eigenvalue weighted by atomic mass is 10.0. The van der Waals surface area contributed by atoms with E-state index in [4.69, 9.17) is 10.00 Å². The second kappa shape index (κ2) is 5.29. The molecule has 0 heterocycles. The fraction of sp³-hybridized carbons (Fsp3) is 0.417. The van der Waals surface area contributed by atoms with E-state index >= 15 is 0 Å². The van der Waals surface area contributed by atoms with E-state index in [2.05, 4.69) is 26.0 Å². The van der Waals surface area contributed by atoms with Crippen molar-refractivity contribution >= 4 is 0 Å². The van der Waals surface area contributed by atoms with Crippen molar-refractivity contribution in [3.63, 3.8) is 0 Å². The Morgan fingerprint density at radius 3 is 2.71 bits per heavy atom. The molecule has 0 saturated carbocycles. The molecule has 1 aromatic carbocycles. The monoisotopic (exact) mass is 189 g/mol. The van der Waals surface area contributed by atoms with Gasteiger partial charge in [0.2, 0.25) is 0 Å². The zero-order valence-electron chi connectivity index (χ0n) is 8.66. The van der Waals surface area contributed by atoms with Crippen LogP contribution in [0.25, 0.3) is 0 Å². The number of para-hydroxylation sites is 1. The Morgan fingerprint density at radius 1 is 1.36 bits per heavy atom. The van der Waals surface area contributed by atoms with Gasteiger partial charge in [0, 0.05) is 0 Å². The molecular formula is C12H15NO. The second-order valence-electron chi connectivity index (χ2n) is 3.45. The van der Waals surface area contributed by atoms with Gasteiger partial charge >= 0.3 is 0 Å². The predicted octanol–water partition coefficient (Wildman–Crippen LogP) is 3.10. The number of nitriles is 1. The van der Waals surface area contributed by atoms with Gasteiger partial charge in [0.25, 0.3) is 0 Å². The highest BCUT2D eigenvalue weighted by molar-refractivity contribution is 5.35. The Morgan fingerprint density at radius 2 is 2.07 bits per heavy atom. The molecule has 0 N–H and O–H groups in total. The first-order chi connectivity index (χ1) is 6.75. The van der Waals surface area contributed by atoms with Crippen LogP contribution in [0.2, 0.25) is 0 Å². The van der Waals surface area contributed by atoms with Crippen LogP contribution in [-0.2, 0) is 0 Å². The van der Waals surface area contributed by atoms with Gasteiger partial charge in [0.05, 0.1) is 12.5 Å². The zero-order valence-corrected chi connectivity index (χ0v) is 8.66. The van der Waals surface area contributed by atoms with E-state index in [0.717, 1.165) is 5.75 Å². The minimum absolute atomic E-state index is 0.437. The van der Waals surface area contributed by atoms with Crippen LogP contribution >= 0.6 is 0 Å². The first-order valence-electron chi connectivity index (χ1n) is 4.84. The van der Waals surface area contributed by atoms with Gasteiger partial charge in [-0.15, -0.1) is 0 Å². The molecule has 0 spiro atoms. The van der Waals surface area contributed by atoms with E-state index in [1.165, 1.54) is 5.56 Å². The van der Waals surface area contributed by atoms with Crippen LogP contribution in [0.4, 0.5) is 0 Å². The molecule has 0 amide bonds. The summed E-state index contributed by atoms with van der Waals surface area (Å²) in [5, 5.41) is 8.39. The molecule has 0 unspecified atom stereocenters. The first kappa shape index (κ1) is 10.6. The van der Waals surface area contributed by atoms with Crippen molar-refractivity contribution in [2.24, 2.45) is 0 Å². The van der Waals surface area contributed by atoms with Gasteiger partial charge < -0.3 is 4.74 Å². The quantitative estimate of drug-likeness (QED) is 0.682. The fourth-order valence-electron chi connectivity index (χ4n) is 1.30. The largest absolute Gasteiger partial charge is 0.492 e. The minimum atomic E-state index is 0.437. The Hall–Kier alpha value is -1.49. The predicted molar refractivity (Wildman–Crippen MR) is 56.3 cm³/mol. The molecule has 0 fully saturated rings. The first-order valence-corrected chi connectivity index (χ1v) is 4.84. The van der Waals surface area contributed by atoms with Crippen LogP contribution in [0.15, 0.2) is 24.3 Å². The summed E-state index contributed by atoms with van der Waals surface area (Å²) in [6.07, 6.45) is 0.437. The highest BCUT2D eigenvalue weighted by Gasteiger charge is 2.05. The van der Waals surface area contributed by atoms with Crippen LogP contribution in [0.1, 0.15) is 31.7 Å². The van der Waals surface area contributed by atoms with E-state index in [1.54, 1.807) is 0 Å². The molecule has 0 radical (unpaired) electrons. The maximum absolute atomic E-state index is 8.39. The van der Waals surface area contributed by atoms with Crippen LogP contribution < -0.4 is 4.74 Å². The lowest BCUT2D eigenvalue weighted by Gasteiger charge is -2.12. The number of nitrogens with zero attached hydrogens (tertiary/aromatic N) is 1. The summed E-state index contributed by atoms with van der Waals surface area (Å²) in [6.45, 7) is 4.74. The highest BCUT2D eigenvalue weighted by Crippen LogP contribution is 2.25. The molecule has 14 heavy (non-hydrogen) atoms. The van der Waals surface area contributed by atoms with Gasteiger partial charge in [-0.05, 0) is 17.5 Å². The topological polar surface area (TPSA) is 33.0 Å². The average molecular weight is 189 g/mol. The molecule has 1 aromatic rings. The molecule has 0 saturated heterocycles. The molecule has 2 nitrogen and oxygen atoms in total. The number of hydrogen-bond acceptors (Lipinski definition) is 2. The van der Waals surface area contributed by atoms with Gasteiger partial charge in [0.15, 0.2) is 0 Å². The van der Waals surface area contributed by atoms with Crippen LogP contribution in [0.5, 0.6) is 5.75 Å². The third-order valence-electron chi connectivity index (χ3n) is 2.01. The summed E-state index contributed by atoms with van der Waals surface area (Å²) >= 11 is 0. The van der Waals surface area contributed by atoms with Crippen molar-refractivity contribution in [3.05, 3.63) is 29.8 Å². The summed E-state index contributed by atoms with van der Waals surface area (Å²) in [5.41, 5.74) is 1.20. The summed E-state index contributed by atoms with van der Waals surface area (Å²) in [6, 6.07) is 10.0. The maximum Gasteiger partial charge on any atom is 0.122 e. The standard InChI is InChI=1S/C12H15NO/c1-10(2)11-6-3-4-7-12(11)14-9-5-8-13/h3-4,6-7,10H,5,9H2,1-2H3. The Bertz CT molecular complexity index is 325. The van der Waals surface area contributed by atoms with E-state index in [0.29, 0.717) is 18.9 Å². The molecule has 74 valence electrons. The normalized spacial score (nSPS) is 9.86. The molecule has 0 aliphatic rings. The van der Waals surface area contributed by atoms with E-state index in [1.807, 2.05) is 18.2 Å². The van der Waals surface area contributed by atoms with Gasteiger partial charge in [-0.3, -0.25) is 0 Å². The number of benzene rings is 1. The minimum Gasteiger partial charge on any atom is -0.492 e. The summed E-state index contributed by atoms with van der Waals surface area (Å²) in [5.74, 6) is 1.35. The third-order valence-corrected chi connectivity index (χ3v) is 2.01. The smallest absolute Gasteiger partial charge is 0.122 e. The van der Waals surface area contributed by atoms with Gasteiger partial charge in [-0.25, -0.2) is 0 Å².